The molecule has 2 N–H and O–H groups in total. The Hall–Kier alpha value is -1.80. The van der Waals surface area contributed by atoms with Crippen molar-refractivity contribution in [2.24, 2.45) is 10.9 Å². The number of para-hydroxylation sites is 1. The molecule has 2 aliphatic rings. The molecular weight excluding hydrogens is 489 g/mol. The number of ether oxygens (including phenoxy) is 2. The molecule has 1 saturated heterocycles. The summed E-state index contributed by atoms with van der Waals surface area (Å²) in [5.74, 6) is 2.20. The molecule has 162 valence electrons. The lowest BCUT2D eigenvalue weighted by molar-refractivity contribution is 0.0693. The van der Waals surface area contributed by atoms with Gasteiger partial charge in [-0.3, -0.25) is 4.99 Å². The number of nitrogens with zero attached hydrogens (tertiary/aromatic N) is 1. The first kappa shape index (κ1) is 22.9. The van der Waals surface area contributed by atoms with Gasteiger partial charge in [-0.15, -0.1) is 24.0 Å². The first-order chi connectivity index (χ1) is 14.1. The molecule has 1 fully saturated rings. The highest BCUT2D eigenvalue weighted by molar-refractivity contribution is 14.0. The largest absolute Gasteiger partial charge is 0.487 e. The summed E-state index contributed by atoms with van der Waals surface area (Å²) in [5.41, 5.74) is 2.21. The van der Waals surface area contributed by atoms with E-state index in [4.69, 9.17) is 9.47 Å². The molecule has 5 nitrogen and oxygen atoms in total. The van der Waals surface area contributed by atoms with Crippen LogP contribution in [0.5, 0.6) is 5.75 Å². The highest BCUT2D eigenvalue weighted by atomic mass is 127. The zero-order valence-corrected chi connectivity index (χ0v) is 20.3. The number of rotatable bonds is 4. The van der Waals surface area contributed by atoms with Crippen molar-refractivity contribution >= 4 is 29.9 Å². The second-order valence-electron chi connectivity index (χ2n) is 8.50. The van der Waals surface area contributed by atoms with Gasteiger partial charge < -0.3 is 20.1 Å². The SMILES string of the molecule is CN=C(NCC1CCOC1c1ccccc1)NC1CC(C)(C)Oc2ccccc21.I. The molecule has 0 aromatic heterocycles. The highest BCUT2D eigenvalue weighted by Gasteiger charge is 2.34. The number of aliphatic imine (C=N–C) groups is 1. The van der Waals surface area contributed by atoms with Crippen LogP contribution in [0.2, 0.25) is 0 Å². The minimum absolute atomic E-state index is 0. The molecule has 0 spiro atoms. The Bertz CT molecular complexity index is 857. The Kier molecular flexibility index (Phi) is 7.63. The van der Waals surface area contributed by atoms with Crippen LogP contribution >= 0.6 is 24.0 Å². The fourth-order valence-electron chi connectivity index (χ4n) is 4.37. The maximum Gasteiger partial charge on any atom is 0.191 e. The fraction of sp³-hybridized carbons (Fsp3) is 0.458. The molecule has 30 heavy (non-hydrogen) atoms. The standard InChI is InChI=1S/C24H31N3O2.HI/c1-24(2)15-20(19-11-7-8-12-21(19)29-24)27-23(25-3)26-16-18-13-14-28-22(18)17-9-5-4-6-10-17;/h4-12,18,20,22H,13-16H2,1-3H3,(H2,25,26,27);1H. The molecule has 2 heterocycles. The van der Waals surface area contributed by atoms with Crippen LogP contribution < -0.4 is 15.4 Å². The Morgan fingerprint density at radius 3 is 2.60 bits per heavy atom. The summed E-state index contributed by atoms with van der Waals surface area (Å²) >= 11 is 0. The van der Waals surface area contributed by atoms with Gasteiger partial charge in [-0.2, -0.15) is 0 Å². The van der Waals surface area contributed by atoms with Crippen LogP contribution in [0, 0.1) is 5.92 Å². The predicted molar refractivity (Wildman–Crippen MR) is 132 cm³/mol. The minimum atomic E-state index is -0.220. The van der Waals surface area contributed by atoms with Gasteiger partial charge in [0, 0.05) is 38.1 Å². The minimum Gasteiger partial charge on any atom is -0.487 e. The first-order valence-electron chi connectivity index (χ1n) is 10.5. The molecule has 0 saturated carbocycles. The van der Waals surface area contributed by atoms with E-state index in [-0.39, 0.29) is 41.7 Å². The Morgan fingerprint density at radius 2 is 1.83 bits per heavy atom. The average Bonchev–Trinajstić information content (AvgIpc) is 3.19. The van der Waals surface area contributed by atoms with E-state index < -0.39 is 0 Å². The maximum atomic E-state index is 6.15. The van der Waals surface area contributed by atoms with E-state index in [0.717, 1.165) is 37.7 Å². The first-order valence-corrected chi connectivity index (χ1v) is 10.5. The van der Waals surface area contributed by atoms with Gasteiger partial charge in [0.15, 0.2) is 5.96 Å². The van der Waals surface area contributed by atoms with E-state index in [1.54, 1.807) is 0 Å². The van der Waals surface area contributed by atoms with Crippen LogP contribution in [-0.4, -0.2) is 31.8 Å². The molecule has 4 rings (SSSR count). The van der Waals surface area contributed by atoms with Crippen molar-refractivity contribution < 1.29 is 9.47 Å². The summed E-state index contributed by atoms with van der Waals surface area (Å²) < 4.78 is 12.2. The van der Waals surface area contributed by atoms with E-state index in [0.29, 0.717) is 5.92 Å². The Balaban J connectivity index is 0.00000256. The molecule has 2 aliphatic heterocycles. The summed E-state index contributed by atoms with van der Waals surface area (Å²) in [6.07, 6.45) is 2.07. The van der Waals surface area contributed by atoms with Gasteiger partial charge in [-0.05, 0) is 31.9 Å². The number of fused-ring (bicyclic) bond motifs is 1. The lowest BCUT2D eigenvalue weighted by Gasteiger charge is -2.38. The van der Waals surface area contributed by atoms with Crippen LogP contribution in [0.3, 0.4) is 0 Å². The summed E-state index contributed by atoms with van der Waals surface area (Å²) in [4.78, 5) is 4.47. The van der Waals surface area contributed by atoms with Crippen molar-refractivity contribution in [3.05, 3.63) is 65.7 Å². The second kappa shape index (κ2) is 10.0. The predicted octanol–water partition coefficient (Wildman–Crippen LogP) is 4.85. The zero-order chi connectivity index (χ0) is 20.3. The lowest BCUT2D eigenvalue weighted by atomic mass is 9.90. The third-order valence-electron chi connectivity index (χ3n) is 5.78. The van der Waals surface area contributed by atoms with E-state index in [1.807, 2.05) is 25.2 Å². The van der Waals surface area contributed by atoms with Gasteiger partial charge in [0.2, 0.25) is 0 Å². The highest BCUT2D eigenvalue weighted by Crippen LogP contribution is 2.39. The van der Waals surface area contributed by atoms with Crippen LogP contribution in [0.4, 0.5) is 0 Å². The number of benzene rings is 2. The maximum absolute atomic E-state index is 6.15. The molecular formula is C24H32IN3O2. The van der Waals surface area contributed by atoms with Crippen molar-refractivity contribution in [1.82, 2.24) is 10.6 Å². The van der Waals surface area contributed by atoms with Gasteiger partial charge in [0.05, 0.1) is 12.1 Å². The Labute approximate surface area is 196 Å². The zero-order valence-electron chi connectivity index (χ0n) is 17.9. The van der Waals surface area contributed by atoms with Crippen molar-refractivity contribution in [2.75, 3.05) is 20.2 Å². The van der Waals surface area contributed by atoms with Crippen molar-refractivity contribution in [3.8, 4) is 5.75 Å². The fourth-order valence-corrected chi connectivity index (χ4v) is 4.37. The third-order valence-corrected chi connectivity index (χ3v) is 5.78. The van der Waals surface area contributed by atoms with Crippen molar-refractivity contribution in [2.45, 2.75) is 44.4 Å². The molecule has 3 atom stereocenters. The monoisotopic (exact) mass is 521 g/mol. The average molecular weight is 521 g/mol. The smallest absolute Gasteiger partial charge is 0.191 e. The van der Waals surface area contributed by atoms with Gasteiger partial charge in [0.25, 0.3) is 0 Å². The molecule has 2 aromatic carbocycles. The molecule has 0 radical (unpaired) electrons. The van der Waals surface area contributed by atoms with Gasteiger partial charge >= 0.3 is 0 Å². The molecule has 6 heteroatoms. The molecule has 2 aromatic rings. The topological polar surface area (TPSA) is 54.9 Å². The molecule has 0 amide bonds. The number of hydrogen-bond acceptors (Lipinski definition) is 3. The van der Waals surface area contributed by atoms with Crippen molar-refractivity contribution in [3.63, 3.8) is 0 Å². The van der Waals surface area contributed by atoms with E-state index >= 15 is 0 Å². The van der Waals surface area contributed by atoms with Crippen molar-refractivity contribution in [1.29, 1.82) is 0 Å². The molecule has 3 unspecified atom stereocenters. The summed E-state index contributed by atoms with van der Waals surface area (Å²) in [7, 11) is 1.82. The van der Waals surface area contributed by atoms with E-state index in [2.05, 4.69) is 65.9 Å². The van der Waals surface area contributed by atoms with Crippen LogP contribution in [0.1, 0.15) is 50.0 Å². The van der Waals surface area contributed by atoms with E-state index in [1.165, 1.54) is 11.1 Å². The number of nitrogens with one attached hydrogen (secondary N) is 2. The summed E-state index contributed by atoms with van der Waals surface area (Å²) in [5, 5.41) is 7.15. The molecule has 0 aliphatic carbocycles. The van der Waals surface area contributed by atoms with Gasteiger partial charge in [-0.25, -0.2) is 0 Å². The Morgan fingerprint density at radius 1 is 1.10 bits per heavy atom. The number of guanidine groups is 1. The molecule has 0 bridgehead atoms. The van der Waals surface area contributed by atoms with Crippen LogP contribution in [0.25, 0.3) is 0 Å². The van der Waals surface area contributed by atoms with E-state index in [9.17, 15) is 0 Å². The summed E-state index contributed by atoms with van der Waals surface area (Å²) in [6.45, 7) is 5.90. The third kappa shape index (κ3) is 5.27. The van der Waals surface area contributed by atoms with Crippen LogP contribution in [-0.2, 0) is 4.74 Å². The quantitative estimate of drug-likeness (QED) is 0.343. The summed E-state index contributed by atoms with van der Waals surface area (Å²) in [6, 6.07) is 18.9. The number of halogens is 1. The van der Waals surface area contributed by atoms with Crippen LogP contribution in [0.15, 0.2) is 59.6 Å². The van der Waals surface area contributed by atoms with Gasteiger partial charge in [-0.1, -0.05) is 48.5 Å². The lowest BCUT2D eigenvalue weighted by Crippen LogP contribution is -2.46. The normalized spacial score (nSPS) is 24.9. The second-order valence-corrected chi connectivity index (χ2v) is 8.50. The number of hydrogen-bond donors (Lipinski definition) is 2. The van der Waals surface area contributed by atoms with Gasteiger partial charge in [0.1, 0.15) is 11.4 Å².